The van der Waals surface area contributed by atoms with Crippen molar-refractivity contribution in [2.45, 2.75) is 96.7 Å². The van der Waals surface area contributed by atoms with E-state index in [-0.39, 0.29) is 42.6 Å². The van der Waals surface area contributed by atoms with Crippen LogP contribution in [0.1, 0.15) is 73.9 Å². The number of carbonyl (C=O) groups is 4. The first-order valence-corrected chi connectivity index (χ1v) is 13.6. The predicted octanol–water partition coefficient (Wildman–Crippen LogP) is 2.43. The van der Waals surface area contributed by atoms with E-state index in [4.69, 9.17) is 23.9 Å². The van der Waals surface area contributed by atoms with E-state index < -0.39 is 52.3 Å². The number of nitrogens with zero attached hydrogens (tertiary/aromatic N) is 2. The summed E-state index contributed by atoms with van der Waals surface area (Å²) in [6.45, 7) is 14.0. The summed E-state index contributed by atoms with van der Waals surface area (Å²) in [6.07, 6.45) is -0.527. The minimum atomic E-state index is -1.57. The van der Waals surface area contributed by atoms with Gasteiger partial charge in [0.05, 0.1) is 12.2 Å². The number of thiazole rings is 1. The van der Waals surface area contributed by atoms with Crippen LogP contribution in [-0.2, 0) is 38.3 Å². The van der Waals surface area contributed by atoms with Crippen molar-refractivity contribution < 1.29 is 43.1 Å². The molecule has 0 aromatic carbocycles. The molecule has 40 heavy (non-hydrogen) atoms. The molecule has 14 nitrogen and oxygen atoms in total. The van der Waals surface area contributed by atoms with Gasteiger partial charge in [-0.2, -0.15) is 0 Å². The highest BCUT2D eigenvalue weighted by Crippen LogP contribution is 2.37. The molecular weight excluding hydrogens is 546 g/mol. The van der Waals surface area contributed by atoms with Gasteiger partial charge in [0, 0.05) is 18.2 Å². The Hall–Kier alpha value is -3.30. The zero-order chi connectivity index (χ0) is 29.9. The van der Waals surface area contributed by atoms with Gasteiger partial charge < -0.3 is 24.4 Å². The molecule has 222 valence electrons. The van der Waals surface area contributed by atoms with Gasteiger partial charge in [-0.25, -0.2) is 20.1 Å². The molecule has 3 amide bonds. The summed E-state index contributed by atoms with van der Waals surface area (Å²) >= 11 is 1.01. The summed E-state index contributed by atoms with van der Waals surface area (Å²) in [4.78, 5) is 66.0. The lowest BCUT2D eigenvalue weighted by Crippen LogP contribution is -2.54. The van der Waals surface area contributed by atoms with E-state index in [1.54, 1.807) is 55.4 Å². The molecule has 1 aromatic rings. The minimum absolute atomic E-state index is 0.0264. The number of oxime groups is 1. The molecular formula is C25H37N5O9S. The van der Waals surface area contributed by atoms with Crippen LogP contribution in [0.4, 0.5) is 9.93 Å². The molecule has 2 aliphatic heterocycles. The second-order valence-corrected chi connectivity index (χ2v) is 12.9. The highest BCUT2D eigenvalue weighted by Gasteiger charge is 2.52. The number of rotatable bonds is 7. The largest absolute Gasteiger partial charge is 0.457 e. The Kier molecular flexibility index (Phi) is 9.11. The van der Waals surface area contributed by atoms with Gasteiger partial charge in [-0.1, -0.05) is 5.16 Å². The topological polar surface area (TPSA) is 176 Å². The highest BCUT2D eigenvalue weighted by atomic mass is 32.1. The number of carbonyl (C=O) groups excluding carboxylic acids is 4. The second kappa shape index (κ2) is 11.7. The number of anilines is 1. The van der Waals surface area contributed by atoms with Crippen LogP contribution in [0.2, 0.25) is 0 Å². The summed E-state index contributed by atoms with van der Waals surface area (Å²) in [5.74, 6) is -2.02. The molecule has 3 N–H and O–H groups in total. The van der Waals surface area contributed by atoms with Gasteiger partial charge in [0.25, 0.3) is 11.8 Å². The number of nitrogens with one attached hydrogen (secondary N) is 3. The lowest BCUT2D eigenvalue weighted by atomic mass is 9.84. The van der Waals surface area contributed by atoms with Crippen LogP contribution >= 0.6 is 11.3 Å². The molecule has 0 aliphatic carbocycles. The molecule has 0 spiro atoms. The van der Waals surface area contributed by atoms with Crippen LogP contribution in [0.3, 0.4) is 0 Å². The van der Waals surface area contributed by atoms with Gasteiger partial charge in [-0.3, -0.25) is 19.7 Å². The molecule has 0 radical (unpaired) electrons. The quantitative estimate of drug-likeness (QED) is 0.245. The molecule has 3 heterocycles. The molecule has 2 atom stereocenters. The molecule has 2 aliphatic rings. The second-order valence-electron chi connectivity index (χ2n) is 12.0. The Morgan fingerprint density at radius 3 is 2.40 bits per heavy atom. The van der Waals surface area contributed by atoms with E-state index in [1.165, 1.54) is 5.38 Å². The Balaban J connectivity index is 1.95. The first-order valence-electron chi connectivity index (χ1n) is 12.7. The fourth-order valence-corrected chi connectivity index (χ4v) is 4.51. The lowest BCUT2D eigenvalue weighted by Gasteiger charge is -2.41. The third kappa shape index (κ3) is 8.60. The van der Waals surface area contributed by atoms with Crippen LogP contribution in [0.25, 0.3) is 0 Å². The molecule has 2 fully saturated rings. The van der Waals surface area contributed by atoms with Crippen LogP contribution in [0.15, 0.2) is 10.5 Å². The third-order valence-corrected chi connectivity index (χ3v) is 6.16. The van der Waals surface area contributed by atoms with Gasteiger partial charge >= 0.3 is 12.1 Å². The Morgan fingerprint density at radius 1 is 1.15 bits per heavy atom. The first-order chi connectivity index (χ1) is 18.4. The van der Waals surface area contributed by atoms with Crippen molar-refractivity contribution in [1.29, 1.82) is 0 Å². The summed E-state index contributed by atoms with van der Waals surface area (Å²) in [6, 6.07) is -0.988. The van der Waals surface area contributed by atoms with Crippen molar-refractivity contribution in [1.82, 2.24) is 15.8 Å². The smallest absolute Gasteiger partial charge is 0.413 e. The van der Waals surface area contributed by atoms with E-state index in [0.29, 0.717) is 0 Å². The van der Waals surface area contributed by atoms with Crippen LogP contribution < -0.4 is 16.1 Å². The van der Waals surface area contributed by atoms with Gasteiger partial charge in [0.15, 0.2) is 10.8 Å². The van der Waals surface area contributed by atoms with Crippen molar-refractivity contribution >= 4 is 46.1 Å². The third-order valence-electron chi connectivity index (χ3n) is 5.41. The van der Waals surface area contributed by atoms with Gasteiger partial charge in [0.2, 0.25) is 5.60 Å². The first kappa shape index (κ1) is 31.2. The van der Waals surface area contributed by atoms with E-state index in [1.807, 2.05) is 0 Å². The normalized spacial score (nSPS) is 23.1. The standard InChI is InChI=1S/C25H37N5O9S/c1-22(2,3)37-19(33)25(9-10-35-24(7,8)13-25)39-29-16(18(32)26-14-11-36-30-17(14)31)15-12-40-20(27-15)28-21(34)38-23(4,5)6/h12,14H,9-11,13H2,1-8H3,(H,26,32)(H,30,31)(H,27,28,34)/b29-16-/t14-,25?/m0/s1. The van der Waals surface area contributed by atoms with E-state index in [2.05, 4.69) is 26.3 Å². The monoisotopic (exact) mass is 583 g/mol. The minimum Gasteiger partial charge on any atom is -0.457 e. The number of hydrogen-bond acceptors (Lipinski definition) is 12. The summed E-state index contributed by atoms with van der Waals surface area (Å²) in [5, 5.41) is 10.7. The maximum absolute atomic E-state index is 13.4. The highest BCUT2D eigenvalue weighted by molar-refractivity contribution is 7.14. The number of aromatic nitrogens is 1. The molecule has 3 rings (SSSR count). The number of amides is 3. The summed E-state index contributed by atoms with van der Waals surface area (Å²) in [5.41, 5.74) is -2.01. The fourth-order valence-electron chi connectivity index (χ4n) is 3.82. The maximum atomic E-state index is 13.4. The summed E-state index contributed by atoms with van der Waals surface area (Å²) < 4.78 is 16.7. The van der Waals surface area contributed by atoms with Crippen molar-refractivity contribution in [2.75, 3.05) is 18.5 Å². The van der Waals surface area contributed by atoms with Crippen molar-refractivity contribution in [3.05, 3.63) is 11.1 Å². The molecule has 1 unspecified atom stereocenters. The van der Waals surface area contributed by atoms with Crippen LogP contribution in [0, 0.1) is 0 Å². The SMILES string of the molecule is CC(C)(C)OC(=O)Nc1nc(/C(=N/OC2(C(=O)OC(C)(C)C)CCOC(C)(C)C2)C(=O)N[C@H]2CONC2=O)cs1. The van der Waals surface area contributed by atoms with Gasteiger partial charge in [-0.05, 0) is 55.4 Å². The molecule has 15 heteroatoms. The average Bonchev–Trinajstić information content (AvgIpc) is 3.39. The van der Waals surface area contributed by atoms with Crippen LogP contribution in [0.5, 0.6) is 0 Å². The maximum Gasteiger partial charge on any atom is 0.413 e. The van der Waals surface area contributed by atoms with Gasteiger partial charge in [0.1, 0.15) is 29.5 Å². The zero-order valence-corrected chi connectivity index (χ0v) is 24.8. The van der Waals surface area contributed by atoms with Crippen LogP contribution in [-0.4, -0.2) is 76.2 Å². The fraction of sp³-hybridized carbons (Fsp3) is 0.680. The number of ether oxygens (including phenoxy) is 3. The van der Waals surface area contributed by atoms with Gasteiger partial charge in [-0.15, -0.1) is 11.3 Å². The Labute approximate surface area is 236 Å². The van der Waals surface area contributed by atoms with Crippen molar-refractivity contribution in [3.63, 3.8) is 0 Å². The Bertz CT molecular complexity index is 1170. The average molecular weight is 584 g/mol. The summed E-state index contributed by atoms with van der Waals surface area (Å²) in [7, 11) is 0. The molecule has 1 aromatic heterocycles. The lowest BCUT2D eigenvalue weighted by molar-refractivity contribution is -0.211. The number of hydrogen-bond donors (Lipinski definition) is 3. The predicted molar refractivity (Wildman–Crippen MR) is 143 cm³/mol. The van der Waals surface area contributed by atoms with E-state index >= 15 is 0 Å². The number of hydroxylamine groups is 1. The number of esters is 1. The Morgan fingerprint density at radius 2 is 1.82 bits per heavy atom. The van der Waals surface area contributed by atoms with Crippen molar-refractivity contribution in [3.8, 4) is 0 Å². The molecule has 0 saturated carbocycles. The molecule has 2 saturated heterocycles. The van der Waals surface area contributed by atoms with E-state index in [0.717, 1.165) is 11.3 Å². The zero-order valence-electron chi connectivity index (χ0n) is 24.0. The van der Waals surface area contributed by atoms with Crippen molar-refractivity contribution in [2.24, 2.45) is 5.16 Å². The van der Waals surface area contributed by atoms with E-state index in [9.17, 15) is 19.2 Å². The molecule has 0 bridgehead atoms.